The molecular weight excluding hydrogens is 598 g/mol. The molecule has 5 aromatic rings. The number of aromatic nitrogens is 5. The lowest BCUT2D eigenvalue weighted by Crippen LogP contribution is -2.33. The molecule has 46 heavy (non-hydrogen) atoms. The van der Waals surface area contributed by atoms with Crippen LogP contribution in [0.3, 0.4) is 0 Å². The molecule has 2 N–H and O–H groups in total. The largest absolute Gasteiger partial charge is 0.505 e. The number of hydrogen-bond donors (Lipinski definition) is 2. The highest BCUT2D eigenvalue weighted by atomic mass is 32.2. The lowest BCUT2D eigenvalue weighted by molar-refractivity contribution is -0.149. The molecule has 0 spiro atoms. The molecule has 3 heterocycles. The molecule has 0 bridgehead atoms. The van der Waals surface area contributed by atoms with E-state index in [0.717, 1.165) is 44.0 Å². The Balaban J connectivity index is 1.61. The van der Waals surface area contributed by atoms with Crippen molar-refractivity contribution in [1.29, 1.82) is 0 Å². The summed E-state index contributed by atoms with van der Waals surface area (Å²) in [7, 11) is 0. The molecule has 9 nitrogen and oxygen atoms in total. The van der Waals surface area contributed by atoms with Gasteiger partial charge in [0, 0.05) is 51.0 Å². The van der Waals surface area contributed by atoms with Crippen LogP contribution in [0, 0.1) is 12.3 Å². The Bertz CT molecular complexity index is 1810. The van der Waals surface area contributed by atoms with Gasteiger partial charge < -0.3 is 19.5 Å². The van der Waals surface area contributed by atoms with Crippen LogP contribution < -0.4 is 4.74 Å². The summed E-state index contributed by atoms with van der Waals surface area (Å²) >= 11 is 1.76. The number of rotatable bonds is 12. The first-order chi connectivity index (χ1) is 21.9. The first-order valence-electron chi connectivity index (χ1n) is 15.5. The van der Waals surface area contributed by atoms with Crippen molar-refractivity contribution in [2.45, 2.75) is 83.6 Å². The van der Waals surface area contributed by atoms with Gasteiger partial charge in [0.15, 0.2) is 11.6 Å². The van der Waals surface area contributed by atoms with Crippen LogP contribution in [0.4, 0.5) is 0 Å². The fraction of sp³-hybridized carbons (Fsp3) is 0.361. The van der Waals surface area contributed by atoms with Crippen molar-refractivity contribution < 1.29 is 19.7 Å². The summed E-state index contributed by atoms with van der Waals surface area (Å²) in [5, 5.41) is 21.1. The van der Waals surface area contributed by atoms with Crippen molar-refractivity contribution in [3.8, 4) is 22.9 Å². The van der Waals surface area contributed by atoms with Crippen molar-refractivity contribution >= 4 is 28.6 Å². The minimum Gasteiger partial charge on any atom is -0.505 e. The first kappa shape index (κ1) is 32.9. The monoisotopic (exact) mass is 639 g/mol. The number of benzene rings is 2. The lowest BCUT2D eigenvalue weighted by atomic mass is 9.78. The number of carboxylic acids is 1. The summed E-state index contributed by atoms with van der Waals surface area (Å²) in [6.07, 6.45) is 7.66. The topological polar surface area (TPSA) is 123 Å². The second kappa shape index (κ2) is 13.5. The quantitative estimate of drug-likeness (QED) is 0.131. The Morgan fingerprint density at radius 1 is 0.935 bits per heavy atom. The molecule has 0 radical (unpaired) electrons. The number of fused-ring (bicyclic) bond motifs is 1. The average molecular weight is 640 g/mol. The molecule has 10 heteroatoms. The van der Waals surface area contributed by atoms with Crippen molar-refractivity contribution in [1.82, 2.24) is 24.5 Å². The van der Waals surface area contributed by atoms with Crippen LogP contribution in [-0.4, -0.2) is 45.4 Å². The third-order valence-electron chi connectivity index (χ3n) is 8.22. The van der Waals surface area contributed by atoms with Gasteiger partial charge in [-0.2, -0.15) is 0 Å². The molecule has 2 aromatic carbocycles. The molecule has 240 valence electrons. The molecule has 3 aromatic heterocycles. The predicted octanol–water partition coefficient (Wildman–Crippen LogP) is 7.85. The van der Waals surface area contributed by atoms with Crippen LogP contribution in [0.2, 0.25) is 0 Å². The smallest absolute Gasteiger partial charge is 0.310 e. The van der Waals surface area contributed by atoms with Gasteiger partial charge in [-0.3, -0.25) is 14.8 Å². The number of hydrogen-bond acceptors (Lipinski definition) is 8. The molecule has 5 rings (SSSR count). The van der Waals surface area contributed by atoms with Gasteiger partial charge in [-0.1, -0.05) is 58.9 Å². The van der Waals surface area contributed by atoms with Gasteiger partial charge in [-0.15, -0.1) is 11.8 Å². The van der Waals surface area contributed by atoms with Crippen LogP contribution in [-0.2, 0) is 24.4 Å². The van der Waals surface area contributed by atoms with E-state index in [4.69, 9.17) is 4.74 Å². The normalized spacial score (nSPS) is 12.0. The van der Waals surface area contributed by atoms with Crippen LogP contribution in [0.5, 0.6) is 11.5 Å². The SMILES string of the molecule is CCC(CC)(Cc1c(SC(C)(C)C)c2cc(OCc3cnc(C)cn3)ccc2n1Cc1ccc(-c2ncc(O)cn2)cc1)C(=O)O. The highest BCUT2D eigenvalue weighted by molar-refractivity contribution is 8.00. The molecule has 0 aliphatic carbocycles. The van der Waals surface area contributed by atoms with Gasteiger partial charge in [0.1, 0.15) is 12.4 Å². The molecule has 0 atom stereocenters. The molecule has 0 unspecified atom stereocenters. The highest BCUT2D eigenvalue weighted by Crippen LogP contribution is 2.45. The Morgan fingerprint density at radius 2 is 1.63 bits per heavy atom. The Morgan fingerprint density at radius 3 is 2.22 bits per heavy atom. The summed E-state index contributed by atoms with van der Waals surface area (Å²) in [4.78, 5) is 31.1. The third kappa shape index (κ3) is 7.33. The predicted molar refractivity (Wildman–Crippen MR) is 181 cm³/mol. The number of aromatic hydroxyl groups is 1. The van der Waals surface area contributed by atoms with Gasteiger partial charge in [0.2, 0.25) is 0 Å². The summed E-state index contributed by atoms with van der Waals surface area (Å²) in [5.41, 5.74) is 4.61. The van der Waals surface area contributed by atoms with Crippen LogP contribution >= 0.6 is 11.8 Å². The van der Waals surface area contributed by atoms with E-state index in [2.05, 4.69) is 57.4 Å². The Labute approximate surface area is 274 Å². The summed E-state index contributed by atoms with van der Waals surface area (Å²) < 4.78 is 8.34. The highest BCUT2D eigenvalue weighted by Gasteiger charge is 2.38. The Hall–Kier alpha value is -4.44. The van der Waals surface area contributed by atoms with Crippen molar-refractivity contribution in [2.75, 3.05) is 0 Å². The maximum Gasteiger partial charge on any atom is 0.310 e. The van der Waals surface area contributed by atoms with E-state index < -0.39 is 11.4 Å². The fourth-order valence-corrected chi connectivity index (χ4v) is 6.67. The van der Waals surface area contributed by atoms with Crippen molar-refractivity contribution in [3.05, 3.63) is 89.9 Å². The molecule has 0 aliphatic heterocycles. The second-order valence-electron chi connectivity index (χ2n) is 12.6. The van der Waals surface area contributed by atoms with E-state index in [9.17, 15) is 15.0 Å². The third-order valence-corrected chi connectivity index (χ3v) is 9.50. The maximum absolute atomic E-state index is 12.8. The standard InChI is InChI=1S/C36H41N5O4S/c1-7-36(8-2,34(43)44)16-31-32(46-35(4,5)6)29-15-28(45-22-26-18-37-23(3)17-38-26)13-14-30(29)41(31)21-24-9-11-25(12-10-24)33-39-19-27(42)20-40-33/h9-15,17-20,42H,7-8,16,21-22H2,1-6H3,(H,43,44). The van der Waals surface area contributed by atoms with Crippen molar-refractivity contribution in [2.24, 2.45) is 5.41 Å². The lowest BCUT2D eigenvalue weighted by Gasteiger charge is -2.29. The number of aryl methyl sites for hydroxylation is 1. The first-order valence-corrected chi connectivity index (χ1v) is 16.3. The number of nitrogens with zero attached hydrogens (tertiary/aromatic N) is 5. The number of ether oxygens (including phenoxy) is 1. The maximum atomic E-state index is 12.8. The van der Waals surface area contributed by atoms with Gasteiger partial charge in [-0.25, -0.2) is 9.97 Å². The number of thioether (sulfide) groups is 1. The van der Waals surface area contributed by atoms with Crippen LogP contribution in [0.25, 0.3) is 22.3 Å². The number of carbonyl (C=O) groups is 1. The molecule has 0 aliphatic rings. The van der Waals surface area contributed by atoms with Gasteiger partial charge in [-0.05, 0) is 43.5 Å². The molecule has 0 saturated carbocycles. The van der Waals surface area contributed by atoms with Gasteiger partial charge in [0.25, 0.3) is 0 Å². The van der Waals surface area contributed by atoms with Crippen molar-refractivity contribution in [3.63, 3.8) is 0 Å². The van der Waals surface area contributed by atoms with Gasteiger partial charge in [0.05, 0.1) is 35.4 Å². The second-order valence-corrected chi connectivity index (χ2v) is 14.5. The number of carboxylic acid groups (broad SMARTS) is 1. The van der Waals surface area contributed by atoms with E-state index in [1.165, 1.54) is 12.4 Å². The molecule has 0 amide bonds. The average Bonchev–Trinajstić information content (AvgIpc) is 3.29. The zero-order chi connectivity index (χ0) is 33.1. The fourth-order valence-electron chi connectivity index (χ4n) is 5.48. The zero-order valence-corrected chi connectivity index (χ0v) is 28.1. The summed E-state index contributed by atoms with van der Waals surface area (Å²) in [5.74, 6) is 0.484. The summed E-state index contributed by atoms with van der Waals surface area (Å²) in [6, 6.07) is 14.1. The minimum absolute atomic E-state index is 0.0188. The summed E-state index contributed by atoms with van der Waals surface area (Å²) in [6.45, 7) is 13.2. The Kier molecular flexibility index (Phi) is 9.67. The van der Waals surface area contributed by atoms with Crippen LogP contribution in [0.15, 0.2) is 72.1 Å². The van der Waals surface area contributed by atoms with E-state index in [0.29, 0.717) is 44.0 Å². The zero-order valence-electron chi connectivity index (χ0n) is 27.2. The molecule has 0 fully saturated rings. The van der Waals surface area contributed by atoms with E-state index in [1.807, 2.05) is 51.1 Å². The molecule has 0 saturated heterocycles. The van der Waals surface area contributed by atoms with E-state index in [-0.39, 0.29) is 10.5 Å². The number of aliphatic carboxylic acids is 1. The minimum atomic E-state index is -0.900. The van der Waals surface area contributed by atoms with E-state index in [1.54, 1.807) is 24.2 Å². The molecular formula is C36H41N5O4S. The van der Waals surface area contributed by atoms with Crippen LogP contribution in [0.1, 0.15) is 70.1 Å². The van der Waals surface area contributed by atoms with Gasteiger partial charge >= 0.3 is 5.97 Å². The van der Waals surface area contributed by atoms with E-state index >= 15 is 0 Å².